The van der Waals surface area contributed by atoms with Crippen LogP contribution < -0.4 is 41.0 Å². The van der Waals surface area contributed by atoms with Gasteiger partial charge in [-0.1, -0.05) is 121 Å². The van der Waals surface area contributed by atoms with Gasteiger partial charge in [0.25, 0.3) is 23.7 Å². The lowest BCUT2D eigenvalue weighted by atomic mass is 10.0. The van der Waals surface area contributed by atoms with Crippen LogP contribution in [0.3, 0.4) is 0 Å². The van der Waals surface area contributed by atoms with E-state index in [2.05, 4.69) is 49.5 Å². The first kappa shape index (κ1) is 106. The number of nitrogens with two attached hydrogens (primary N) is 2. The molecule has 0 bridgehead atoms. The Morgan fingerprint density at radius 2 is 0.695 bits per heavy atom. The molecule has 27 nitrogen and oxygen atoms in total. The van der Waals surface area contributed by atoms with Gasteiger partial charge in [-0.3, -0.25) is 14.6 Å². The number of hydrogen-bond acceptors (Lipinski definition) is 21. The van der Waals surface area contributed by atoms with Gasteiger partial charge in [-0.05, 0) is 119 Å². The summed E-state index contributed by atoms with van der Waals surface area (Å²) in [6, 6.07) is 26.7. The van der Waals surface area contributed by atoms with Crippen molar-refractivity contribution in [3.05, 3.63) is 180 Å². The number of alkyl halides is 14. The van der Waals surface area contributed by atoms with Gasteiger partial charge in [-0.2, -0.15) is 26.3 Å². The van der Waals surface area contributed by atoms with Crippen molar-refractivity contribution in [2.45, 2.75) is 302 Å². The van der Waals surface area contributed by atoms with Gasteiger partial charge in [0.2, 0.25) is 40.1 Å². The molecule has 0 saturated heterocycles. The zero-order chi connectivity index (χ0) is 96.4. The van der Waals surface area contributed by atoms with E-state index in [4.69, 9.17) is 20.9 Å². The highest BCUT2D eigenvalue weighted by molar-refractivity contribution is 7.91. The minimum absolute atomic E-state index is 0.00819. The van der Waals surface area contributed by atoms with Gasteiger partial charge in [-0.15, -0.1) is 0 Å². The van der Waals surface area contributed by atoms with E-state index in [-0.39, 0.29) is 43.5 Å². The lowest BCUT2D eigenvalue weighted by Gasteiger charge is -2.37. The quantitative estimate of drug-likeness (QED) is 0.0293. The van der Waals surface area contributed by atoms with E-state index in [1.807, 2.05) is 91.9 Å². The second-order valence-electron chi connectivity index (χ2n) is 36.0. The summed E-state index contributed by atoms with van der Waals surface area (Å²) in [5.74, 6) is -12.2. The van der Waals surface area contributed by atoms with Gasteiger partial charge in [-0.25, -0.2) is 117 Å². The Morgan fingerprint density at radius 1 is 0.398 bits per heavy atom. The average Bonchev–Trinajstić information content (AvgIpc) is 1.61. The third kappa shape index (κ3) is 30.2. The lowest BCUT2D eigenvalue weighted by Crippen LogP contribution is -2.54. The predicted molar refractivity (Wildman–Crippen MR) is 452 cm³/mol. The number of carbonyl (C=O) groups excluding carboxylic acids is 3. The van der Waals surface area contributed by atoms with Gasteiger partial charge in [0, 0.05) is 113 Å². The molecule has 5 aliphatic rings. The number of nitrogens with one attached hydrogen (secondary N) is 6. The summed E-state index contributed by atoms with van der Waals surface area (Å²) in [4.78, 5) is 55.3. The topological polar surface area (TPSA) is 388 Å². The number of benzene rings is 4. The summed E-state index contributed by atoms with van der Waals surface area (Å²) in [5.41, 5.74) is 11.9. The predicted octanol–water partition coefficient (Wildman–Crippen LogP) is 15.1. The standard InChI is InChI=1S/C25H32F2N2O4S.C25H32N2O5S.C14H19F5N4O2S.C10H11F5N4.C9H18F2N2O2S/c1-18(20-13-9-6-10-14-20)29(23(30)33-17-19-11-7-5-8-12-19)22-16-25(26,27)15-21(22)28-34(31,32)24(2,3)4;1-18(20-13-9-6-10-14-20)27(24(29)32-17-19-11-7-5-8-12-19)23-16-21(28)15-22(23)26-33(30,31)25(2,3)4;1-12(2,3)26(24,25)23-9-5-13(15,16)4-8(9)22-11-7-20-10(6-21-11)14(17,18)19;11-9(12)1-5(16)6(2-9)19-8-4-17-7(3-18-8)10(13,14)15;1-8(2,3)16(14,15)13-7-5-9(10,11)4-6(7)12/h5-14,18,21-22,28H,15-17H2,1-4H3;5-14,18,22-23,26H,15-17H2,1-4H3;6-9,23H,4-5H2,1-3H3,(H,21,22);3-6H,1-2,16H2,(H,18,19);6-7,13H,4-5,12H2,1-3H3/t18-,21?,22?;18-,22?,23?;;;/m11.../s1. The van der Waals surface area contributed by atoms with Crippen molar-refractivity contribution in [2.24, 2.45) is 11.5 Å². The summed E-state index contributed by atoms with van der Waals surface area (Å²) >= 11 is 0. The van der Waals surface area contributed by atoms with Crippen LogP contribution >= 0.6 is 0 Å². The molecule has 714 valence electrons. The summed E-state index contributed by atoms with van der Waals surface area (Å²) < 4.78 is 299. The first-order valence-electron chi connectivity index (χ1n) is 40.5. The van der Waals surface area contributed by atoms with E-state index >= 15 is 0 Å². The van der Waals surface area contributed by atoms with Crippen molar-refractivity contribution < 1.29 is 119 Å². The second-order valence-corrected chi connectivity index (χ2v) is 45.8. The molecule has 4 aromatic carbocycles. The Kier molecular flexibility index (Phi) is 34.5. The SMILES string of the molecule is CC(C)(C)S(=O)(=O)NC1CC(F)(F)CC1N.CC(C)(C)S(=O)(=O)NC1CC(F)(F)CC1Nc1cnc(C(F)(F)F)cn1.C[C@H](c1ccccc1)N(C(=O)OCc1ccccc1)C1CC(=O)CC1NS(=O)(=O)C(C)(C)C.C[C@H](c1ccccc1)N(C(=O)OCc1ccccc1)C1CC(F)(F)CC1NS(=O)(=O)C(C)(C)C.NC1CC(F)(F)CC1Nc1cnc(C(F)(F)F)cn1. The van der Waals surface area contributed by atoms with Crippen LogP contribution in [0.5, 0.6) is 0 Å². The van der Waals surface area contributed by atoms with Crippen LogP contribution in [0.15, 0.2) is 146 Å². The Balaban J connectivity index is 0.000000225. The smallest absolute Gasteiger partial charge is 0.434 e. The number of amides is 2. The molecule has 0 spiro atoms. The number of aromatic nitrogens is 4. The maximum atomic E-state index is 14.6. The number of hydrogen-bond donors (Lipinski definition) is 8. The minimum atomic E-state index is -4.67. The lowest BCUT2D eigenvalue weighted by molar-refractivity contribution is -0.142. The third-order valence-electron chi connectivity index (χ3n) is 21.4. The fraction of sp³-hybridized carbons (Fsp3) is 0.578. The van der Waals surface area contributed by atoms with Crippen LogP contribution in [-0.2, 0) is 79.9 Å². The van der Waals surface area contributed by atoms with Crippen LogP contribution in [0.4, 0.5) is 82.7 Å². The average molecular weight is 1910 g/mol. The molecule has 128 heavy (non-hydrogen) atoms. The molecule has 5 fully saturated rings. The van der Waals surface area contributed by atoms with E-state index in [0.717, 1.165) is 34.6 Å². The van der Waals surface area contributed by atoms with E-state index in [1.54, 1.807) is 64.1 Å². The Labute approximate surface area is 737 Å². The molecular weight excluding hydrogens is 1800 g/mol. The maximum absolute atomic E-state index is 14.6. The van der Waals surface area contributed by atoms with Crippen LogP contribution in [0.25, 0.3) is 0 Å². The Morgan fingerprint density at radius 3 is 1.04 bits per heavy atom. The van der Waals surface area contributed by atoms with Crippen molar-refractivity contribution in [1.29, 1.82) is 0 Å². The highest BCUT2D eigenvalue weighted by Crippen LogP contribution is 2.44. The normalized spacial score (nSPS) is 23.3. The molecular formula is C83H112F14N14O13S4. The molecule has 5 saturated carbocycles. The highest BCUT2D eigenvalue weighted by atomic mass is 32.2. The molecule has 11 rings (SSSR count). The van der Waals surface area contributed by atoms with Crippen LogP contribution in [0.2, 0.25) is 0 Å². The van der Waals surface area contributed by atoms with Gasteiger partial charge in [0.15, 0.2) is 11.4 Å². The van der Waals surface area contributed by atoms with E-state index < -0.39 is 243 Å². The van der Waals surface area contributed by atoms with E-state index in [1.165, 1.54) is 72.1 Å². The number of anilines is 2. The monoisotopic (exact) mass is 1910 g/mol. The summed E-state index contributed by atoms with van der Waals surface area (Å²) in [6.07, 6.45) is -12.6. The molecule has 10 N–H and O–H groups in total. The van der Waals surface area contributed by atoms with Crippen LogP contribution in [-0.4, -0.2) is 184 Å². The van der Waals surface area contributed by atoms with Gasteiger partial charge in [0.1, 0.15) is 30.6 Å². The highest BCUT2D eigenvalue weighted by Gasteiger charge is 2.55. The van der Waals surface area contributed by atoms with E-state index in [9.17, 15) is 110 Å². The largest absolute Gasteiger partial charge is 0.445 e. The van der Waals surface area contributed by atoms with Crippen molar-refractivity contribution in [3.63, 3.8) is 0 Å². The number of sulfonamides is 4. The molecule has 2 amide bonds. The number of carbonyl (C=O) groups is 3. The molecule has 10 unspecified atom stereocenters. The number of Topliss-reactive ketones (excluding diaryl/α,β-unsaturated/α-hetero) is 1. The number of nitrogens with zero attached hydrogens (tertiary/aromatic N) is 6. The summed E-state index contributed by atoms with van der Waals surface area (Å²) in [6.45, 7) is 21.7. The Hall–Kier alpha value is -8.57. The molecule has 0 radical (unpaired) electrons. The Bertz CT molecular complexity index is 5130. The third-order valence-corrected chi connectivity index (χ3v) is 30.4. The van der Waals surface area contributed by atoms with Gasteiger partial charge >= 0.3 is 24.5 Å². The number of halogens is 14. The molecule has 6 aromatic rings. The van der Waals surface area contributed by atoms with Gasteiger partial charge < -0.3 is 31.6 Å². The number of rotatable bonds is 22. The fourth-order valence-electron chi connectivity index (χ4n) is 13.8. The minimum Gasteiger partial charge on any atom is -0.445 e. The fourth-order valence-corrected chi connectivity index (χ4v) is 17.8. The zero-order valence-electron chi connectivity index (χ0n) is 72.8. The maximum Gasteiger partial charge on any atom is 0.434 e. The zero-order valence-corrected chi connectivity index (χ0v) is 76.1. The number of ether oxygens (including phenoxy) is 2. The molecule has 12 atom stereocenters. The molecule has 45 heteroatoms. The first-order valence-corrected chi connectivity index (χ1v) is 46.5. The van der Waals surface area contributed by atoms with Crippen molar-refractivity contribution >= 4 is 69.7 Å². The molecule has 2 heterocycles. The summed E-state index contributed by atoms with van der Waals surface area (Å²) in [5, 5.41) is 5.13. The van der Waals surface area contributed by atoms with Crippen molar-refractivity contribution in [3.8, 4) is 0 Å². The van der Waals surface area contributed by atoms with E-state index in [0.29, 0.717) is 12.4 Å². The molecule has 2 aromatic heterocycles. The number of ketones is 1. The first-order chi connectivity index (χ1) is 58.5. The van der Waals surface area contributed by atoms with Crippen LogP contribution in [0, 0.1) is 0 Å². The van der Waals surface area contributed by atoms with Crippen LogP contribution in [0.1, 0.15) is 207 Å². The molecule has 5 aliphatic carbocycles. The second kappa shape index (κ2) is 41.5. The van der Waals surface area contributed by atoms with Gasteiger partial charge in [0.05, 0.1) is 67.9 Å². The summed E-state index contributed by atoms with van der Waals surface area (Å²) in [7, 11) is -15.2. The van der Waals surface area contributed by atoms with Crippen molar-refractivity contribution in [1.82, 2.24) is 48.6 Å². The molecule has 0 aliphatic heterocycles. The van der Waals surface area contributed by atoms with Crippen molar-refractivity contribution in [2.75, 3.05) is 10.6 Å².